The Bertz CT molecular complexity index is 976. The van der Waals surface area contributed by atoms with Gasteiger partial charge in [-0.3, -0.25) is 9.48 Å². The van der Waals surface area contributed by atoms with E-state index in [1.807, 2.05) is 10.9 Å². The third-order valence-corrected chi connectivity index (χ3v) is 5.63. The van der Waals surface area contributed by atoms with Gasteiger partial charge < -0.3 is 0 Å². The molecule has 2 heterocycles. The van der Waals surface area contributed by atoms with E-state index in [0.29, 0.717) is 24.0 Å². The maximum atomic E-state index is 13.6. The molecule has 1 fully saturated rings. The molecule has 1 aliphatic carbocycles. The molecule has 1 aliphatic rings. The summed E-state index contributed by atoms with van der Waals surface area (Å²) in [5.41, 5.74) is 1.80. The van der Waals surface area contributed by atoms with Gasteiger partial charge >= 0.3 is 0 Å². The number of Topliss-reactive ketones (excluding diaryl/α,β-unsaturated/α-hetero) is 1. The van der Waals surface area contributed by atoms with Crippen LogP contribution in [0.1, 0.15) is 54.0 Å². The van der Waals surface area contributed by atoms with Crippen molar-refractivity contribution in [3.8, 4) is 5.69 Å². The quantitative estimate of drug-likeness (QED) is 0.590. The van der Waals surface area contributed by atoms with Crippen molar-refractivity contribution in [2.24, 2.45) is 0 Å². The third-order valence-electron chi connectivity index (χ3n) is 4.76. The second-order valence-corrected chi connectivity index (χ2v) is 7.22. The van der Waals surface area contributed by atoms with Crippen molar-refractivity contribution in [2.45, 2.75) is 38.6 Å². The van der Waals surface area contributed by atoms with Crippen LogP contribution in [0.25, 0.3) is 5.69 Å². The van der Waals surface area contributed by atoms with E-state index >= 15 is 0 Å². The molecule has 0 amide bonds. The monoisotopic (exact) mass is 417 g/mol. The van der Waals surface area contributed by atoms with E-state index in [0.717, 1.165) is 23.0 Å². The fourth-order valence-electron chi connectivity index (χ4n) is 3.12. The zero-order chi connectivity index (χ0) is 18.3. The lowest BCUT2D eigenvalue weighted by molar-refractivity contribution is 0.101. The molecule has 26 heavy (non-hydrogen) atoms. The van der Waals surface area contributed by atoms with Crippen molar-refractivity contribution in [1.29, 1.82) is 0 Å². The largest absolute Gasteiger partial charge is 0.294 e. The summed E-state index contributed by atoms with van der Waals surface area (Å²) >= 11 is 3.64. The van der Waals surface area contributed by atoms with Crippen molar-refractivity contribution < 1.29 is 9.18 Å². The van der Waals surface area contributed by atoms with Gasteiger partial charge in [0.05, 0.1) is 17.9 Å². The summed E-state index contributed by atoms with van der Waals surface area (Å²) in [5, 5.41) is 8.73. The maximum absolute atomic E-state index is 13.6. The van der Waals surface area contributed by atoms with Crippen molar-refractivity contribution >= 4 is 21.7 Å². The van der Waals surface area contributed by atoms with Crippen molar-refractivity contribution in [2.75, 3.05) is 0 Å². The Hall–Kier alpha value is -2.35. The molecule has 0 saturated heterocycles. The second kappa shape index (κ2) is 6.75. The van der Waals surface area contributed by atoms with Crippen LogP contribution >= 0.6 is 15.9 Å². The van der Waals surface area contributed by atoms with Gasteiger partial charge in [-0.15, -0.1) is 0 Å². The van der Waals surface area contributed by atoms with E-state index < -0.39 is 5.82 Å². The van der Waals surface area contributed by atoms with Crippen LogP contribution < -0.4 is 0 Å². The van der Waals surface area contributed by atoms with E-state index in [4.69, 9.17) is 0 Å². The van der Waals surface area contributed by atoms with Gasteiger partial charge in [0.15, 0.2) is 5.78 Å². The Balaban J connectivity index is 1.68. The summed E-state index contributed by atoms with van der Waals surface area (Å²) in [7, 11) is 0. The molecule has 0 radical (unpaired) electrons. The lowest BCUT2D eigenvalue weighted by Gasteiger charge is -2.26. The van der Waals surface area contributed by atoms with E-state index in [1.54, 1.807) is 10.7 Å². The van der Waals surface area contributed by atoms with Crippen molar-refractivity contribution in [3.05, 3.63) is 58.1 Å². The topological polar surface area (TPSA) is 65.6 Å². The Kier molecular flexibility index (Phi) is 4.44. The Labute approximate surface area is 158 Å². The van der Waals surface area contributed by atoms with Crippen LogP contribution in [0.5, 0.6) is 0 Å². The zero-order valence-corrected chi connectivity index (χ0v) is 15.8. The Morgan fingerprint density at radius 3 is 2.85 bits per heavy atom. The van der Waals surface area contributed by atoms with Gasteiger partial charge in [0.2, 0.25) is 0 Å². The zero-order valence-electron chi connectivity index (χ0n) is 14.2. The highest BCUT2D eigenvalue weighted by Gasteiger charge is 2.24. The molecule has 6 nitrogen and oxygen atoms in total. The summed E-state index contributed by atoms with van der Waals surface area (Å²) in [4.78, 5) is 16.2. The third kappa shape index (κ3) is 2.98. The number of carbonyl (C=O) groups excluding carboxylic acids is 1. The molecule has 0 atom stereocenters. The Morgan fingerprint density at radius 1 is 1.35 bits per heavy atom. The molecule has 1 saturated carbocycles. The van der Waals surface area contributed by atoms with Crippen LogP contribution in [-0.2, 0) is 6.42 Å². The minimum absolute atomic E-state index is 0.222. The Morgan fingerprint density at radius 2 is 2.15 bits per heavy atom. The number of carbonyl (C=O) groups is 1. The molecule has 0 unspecified atom stereocenters. The lowest BCUT2D eigenvalue weighted by Crippen LogP contribution is -2.18. The lowest BCUT2D eigenvalue weighted by atomic mass is 9.93. The van der Waals surface area contributed by atoms with E-state index in [9.17, 15) is 9.18 Å². The van der Waals surface area contributed by atoms with Crippen LogP contribution in [0.15, 0.2) is 35.3 Å². The molecule has 8 heteroatoms. The SMILES string of the molecule is CC(=O)c1cc(F)ccc1-n1ncnc1Cc1cnn(C2CCC2)c1Br. The molecule has 3 aromatic rings. The summed E-state index contributed by atoms with van der Waals surface area (Å²) in [6, 6.07) is 4.56. The van der Waals surface area contributed by atoms with Gasteiger partial charge in [-0.05, 0) is 60.3 Å². The predicted molar refractivity (Wildman–Crippen MR) is 96.9 cm³/mol. The second-order valence-electron chi connectivity index (χ2n) is 6.47. The average molecular weight is 418 g/mol. The van der Waals surface area contributed by atoms with Crippen molar-refractivity contribution in [1.82, 2.24) is 24.5 Å². The standard InChI is InChI=1S/C18H17BrFN5O/c1-11(26)15-8-13(20)5-6-16(15)25-17(21-10-23-25)7-12-9-22-24(18(12)19)14-3-2-4-14/h5-6,8-10,14H,2-4,7H2,1H3. The minimum Gasteiger partial charge on any atom is -0.294 e. The van der Waals surface area contributed by atoms with Crippen molar-refractivity contribution in [3.63, 3.8) is 0 Å². The summed E-state index contributed by atoms with van der Waals surface area (Å²) in [5.74, 6) is -0.0157. The van der Waals surface area contributed by atoms with Crippen LogP contribution in [-0.4, -0.2) is 30.3 Å². The normalized spacial score (nSPS) is 14.4. The molecule has 134 valence electrons. The van der Waals surface area contributed by atoms with E-state index in [1.165, 1.54) is 31.8 Å². The highest BCUT2D eigenvalue weighted by atomic mass is 79.9. The average Bonchev–Trinajstić information content (AvgIpc) is 3.15. The number of benzene rings is 1. The number of rotatable bonds is 5. The van der Waals surface area contributed by atoms with Gasteiger partial charge in [0.25, 0.3) is 0 Å². The van der Waals surface area contributed by atoms with Gasteiger partial charge in [-0.25, -0.2) is 14.1 Å². The molecule has 0 spiro atoms. The molecule has 0 bridgehead atoms. The molecule has 4 rings (SSSR count). The van der Waals surface area contributed by atoms with Gasteiger partial charge in [-0.1, -0.05) is 0 Å². The number of aromatic nitrogens is 5. The highest BCUT2D eigenvalue weighted by Crippen LogP contribution is 2.35. The summed E-state index contributed by atoms with van der Waals surface area (Å²) in [6.45, 7) is 1.41. The first-order chi connectivity index (χ1) is 12.5. The number of hydrogen-bond acceptors (Lipinski definition) is 4. The maximum Gasteiger partial charge on any atom is 0.162 e. The van der Waals surface area contributed by atoms with E-state index in [2.05, 4.69) is 31.1 Å². The van der Waals surface area contributed by atoms with E-state index in [-0.39, 0.29) is 11.3 Å². The van der Waals surface area contributed by atoms with Crippen LogP contribution in [0.4, 0.5) is 4.39 Å². The molecule has 0 aliphatic heterocycles. The van der Waals surface area contributed by atoms with Crippen LogP contribution in [0, 0.1) is 5.82 Å². The minimum atomic E-state index is -0.454. The number of hydrogen-bond donors (Lipinski definition) is 0. The fraction of sp³-hybridized carbons (Fsp3) is 0.333. The molecule has 1 aromatic carbocycles. The van der Waals surface area contributed by atoms with Crippen LogP contribution in [0.3, 0.4) is 0 Å². The number of ketones is 1. The van der Waals surface area contributed by atoms with Gasteiger partial charge in [-0.2, -0.15) is 10.2 Å². The van der Waals surface area contributed by atoms with Crippen LogP contribution in [0.2, 0.25) is 0 Å². The number of nitrogens with zero attached hydrogens (tertiary/aromatic N) is 5. The first-order valence-corrected chi connectivity index (χ1v) is 9.25. The van der Waals surface area contributed by atoms with Gasteiger partial charge in [0, 0.05) is 17.5 Å². The molecular weight excluding hydrogens is 401 g/mol. The summed E-state index contributed by atoms with van der Waals surface area (Å²) < 4.78 is 18.1. The first-order valence-electron chi connectivity index (χ1n) is 8.46. The molecular formula is C18H17BrFN5O. The predicted octanol–water partition coefficient (Wildman–Crippen LogP) is 3.88. The smallest absolute Gasteiger partial charge is 0.162 e. The highest BCUT2D eigenvalue weighted by molar-refractivity contribution is 9.10. The summed E-state index contributed by atoms with van der Waals surface area (Å²) in [6.07, 6.45) is 7.30. The first kappa shape index (κ1) is 17.1. The molecule has 0 N–H and O–H groups in total. The number of halogens is 2. The fourth-order valence-corrected chi connectivity index (χ4v) is 3.74. The molecule has 2 aromatic heterocycles. The van der Waals surface area contributed by atoms with Gasteiger partial charge in [0.1, 0.15) is 22.6 Å².